The summed E-state index contributed by atoms with van der Waals surface area (Å²) >= 11 is 5.88. The normalized spacial score (nSPS) is 10.4. The molecule has 0 bridgehead atoms. The Morgan fingerprint density at radius 3 is 2.39 bits per heavy atom. The van der Waals surface area contributed by atoms with Crippen LogP contribution in [0.15, 0.2) is 36.4 Å². The van der Waals surface area contributed by atoms with Gasteiger partial charge in [-0.2, -0.15) is 0 Å². The maximum atomic E-state index is 13.7. The average molecular weight is 269 g/mol. The van der Waals surface area contributed by atoms with Gasteiger partial charge in [0.1, 0.15) is 0 Å². The highest BCUT2D eigenvalue weighted by atomic mass is 35.5. The van der Waals surface area contributed by atoms with Gasteiger partial charge in [0, 0.05) is 16.1 Å². The number of carboxylic acid groups (broad SMARTS) is 1. The Morgan fingerprint density at radius 2 is 1.78 bits per heavy atom. The molecule has 5 heteroatoms. The van der Waals surface area contributed by atoms with Crippen LogP contribution in [0.25, 0.3) is 11.1 Å². The number of hydrogen-bond donors (Lipinski definition) is 1. The number of halogens is 3. The number of rotatable bonds is 2. The molecule has 0 aromatic heterocycles. The lowest BCUT2D eigenvalue weighted by molar-refractivity contribution is 0.0696. The molecule has 0 saturated heterocycles. The van der Waals surface area contributed by atoms with Gasteiger partial charge in [-0.1, -0.05) is 29.8 Å². The summed E-state index contributed by atoms with van der Waals surface area (Å²) in [7, 11) is 0. The number of carbonyl (C=O) groups is 1. The Balaban J connectivity index is 2.71. The quantitative estimate of drug-likeness (QED) is 0.894. The van der Waals surface area contributed by atoms with Gasteiger partial charge >= 0.3 is 5.97 Å². The average Bonchev–Trinajstić information content (AvgIpc) is 2.33. The molecular formula is C13H7ClF2O2. The van der Waals surface area contributed by atoms with Gasteiger partial charge in [-0.05, 0) is 18.2 Å². The zero-order valence-electron chi connectivity index (χ0n) is 8.95. The fraction of sp³-hybridized carbons (Fsp3) is 0. The lowest BCUT2D eigenvalue weighted by Crippen LogP contribution is -2.01. The summed E-state index contributed by atoms with van der Waals surface area (Å²) in [5.74, 6) is -3.67. The smallest absolute Gasteiger partial charge is 0.335 e. The number of hydrogen-bond acceptors (Lipinski definition) is 1. The van der Waals surface area contributed by atoms with Crippen LogP contribution in [0.5, 0.6) is 0 Å². The second kappa shape index (κ2) is 4.74. The van der Waals surface area contributed by atoms with Crippen LogP contribution in [0.3, 0.4) is 0 Å². The predicted molar refractivity (Wildman–Crippen MR) is 63.8 cm³/mol. The fourth-order valence-corrected chi connectivity index (χ4v) is 1.83. The zero-order chi connectivity index (χ0) is 13.3. The number of aromatic carboxylic acids is 1. The molecular weight excluding hydrogens is 262 g/mol. The minimum atomic E-state index is -1.33. The topological polar surface area (TPSA) is 37.3 Å². The lowest BCUT2D eigenvalue weighted by Gasteiger charge is -2.07. The first-order valence-electron chi connectivity index (χ1n) is 4.98. The van der Waals surface area contributed by atoms with Gasteiger partial charge in [-0.3, -0.25) is 0 Å². The SMILES string of the molecule is O=C(O)c1cc(F)c(F)c(-c2ccccc2Cl)c1. The summed E-state index contributed by atoms with van der Waals surface area (Å²) in [6.07, 6.45) is 0. The largest absolute Gasteiger partial charge is 0.478 e. The van der Waals surface area contributed by atoms with Crippen LogP contribution in [0, 0.1) is 11.6 Å². The van der Waals surface area contributed by atoms with Gasteiger partial charge < -0.3 is 5.11 Å². The van der Waals surface area contributed by atoms with Gasteiger partial charge in [0.2, 0.25) is 0 Å². The molecule has 0 unspecified atom stereocenters. The van der Waals surface area contributed by atoms with E-state index in [4.69, 9.17) is 16.7 Å². The van der Waals surface area contributed by atoms with Gasteiger partial charge in [0.25, 0.3) is 0 Å². The molecule has 0 spiro atoms. The minimum Gasteiger partial charge on any atom is -0.478 e. The summed E-state index contributed by atoms with van der Waals surface area (Å²) in [4.78, 5) is 10.8. The molecule has 0 heterocycles. The van der Waals surface area contributed by atoms with Crippen LogP contribution in [0.4, 0.5) is 8.78 Å². The first-order chi connectivity index (χ1) is 8.50. The van der Waals surface area contributed by atoms with E-state index in [0.717, 1.165) is 6.07 Å². The second-order valence-electron chi connectivity index (χ2n) is 3.60. The summed E-state index contributed by atoms with van der Waals surface area (Å²) in [5.41, 5.74) is -0.250. The molecule has 0 radical (unpaired) electrons. The molecule has 2 rings (SSSR count). The van der Waals surface area contributed by atoms with Crippen LogP contribution >= 0.6 is 11.6 Å². The van der Waals surface area contributed by atoms with Crippen molar-refractivity contribution in [2.45, 2.75) is 0 Å². The Morgan fingerprint density at radius 1 is 1.11 bits per heavy atom. The third-order valence-corrected chi connectivity index (χ3v) is 2.77. The van der Waals surface area contributed by atoms with Crippen molar-refractivity contribution in [3.05, 3.63) is 58.6 Å². The van der Waals surface area contributed by atoms with Crippen LogP contribution in [-0.4, -0.2) is 11.1 Å². The van der Waals surface area contributed by atoms with Crippen molar-refractivity contribution in [1.29, 1.82) is 0 Å². The molecule has 2 aromatic rings. The van der Waals surface area contributed by atoms with Crippen molar-refractivity contribution in [1.82, 2.24) is 0 Å². The Kier molecular flexibility index (Phi) is 3.30. The molecule has 0 atom stereocenters. The van der Waals surface area contributed by atoms with E-state index in [1.807, 2.05) is 0 Å². The van der Waals surface area contributed by atoms with E-state index in [0.29, 0.717) is 6.07 Å². The Hall–Kier alpha value is -1.94. The van der Waals surface area contributed by atoms with Crippen molar-refractivity contribution < 1.29 is 18.7 Å². The maximum absolute atomic E-state index is 13.7. The van der Waals surface area contributed by atoms with Crippen LogP contribution in [-0.2, 0) is 0 Å². The van der Waals surface area contributed by atoms with Crippen molar-refractivity contribution in [2.75, 3.05) is 0 Å². The summed E-state index contributed by atoms with van der Waals surface area (Å²) in [5, 5.41) is 9.04. The van der Waals surface area contributed by atoms with E-state index in [-0.39, 0.29) is 21.7 Å². The van der Waals surface area contributed by atoms with Gasteiger partial charge in [-0.15, -0.1) is 0 Å². The van der Waals surface area contributed by atoms with E-state index < -0.39 is 17.6 Å². The van der Waals surface area contributed by atoms with Crippen molar-refractivity contribution >= 4 is 17.6 Å². The second-order valence-corrected chi connectivity index (χ2v) is 4.01. The number of benzene rings is 2. The Bertz CT molecular complexity index is 626. The van der Waals surface area contributed by atoms with Crippen molar-refractivity contribution in [3.63, 3.8) is 0 Å². The standard InChI is InChI=1S/C13H7ClF2O2/c14-10-4-2-1-3-8(10)9-5-7(13(17)18)6-11(15)12(9)16/h1-6H,(H,17,18). The molecule has 0 saturated carbocycles. The first kappa shape index (κ1) is 12.5. The molecule has 0 fully saturated rings. The predicted octanol–water partition coefficient (Wildman–Crippen LogP) is 3.98. The van der Waals surface area contributed by atoms with Gasteiger partial charge in [0.05, 0.1) is 5.56 Å². The maximum Gasteiger partial charge on any atom is 0.335 e. The van der Waals surface area contributed by atoms with Crippen LogP contribution in [0.2, 0.25) is 5.02 Å². The van der Waals surface area contributed by atoms with E-state index in [9.17, 15) is 13.6 Å². The van der Waals surface area contributed by atoms with E-state index in [1.165, 1.54) is 12.1 Å². The highest BCUT2D eigenvalue weighted by molar-refractivity contribution is 6.33. The van der Waals surface area contributed by atoms with E-state index in [2.05, 4.69) is 0 Å². The first-order valence-corrected chi connectivity index (χ1v) is 5.35. The molecule has 2 aromatic carbocycles. The molecule has 0 amide bonds. The zero-order valence-corrected chi connectivity index (χ0v) is 9.71. The molecule has 0 aliphatic heterocycles. The van der Waals surface area contributed by atoms with Crippen molar-refractivity contribution in [3.8, 4) is 11.1 Å². The van der Waals surface area contributed by atoms with E-state index in [1.54, 1.807) is 12.1 Å². The minimum absolute atomic E-state index is 0.169. The highest BCUT2D eigenvalue weighted by Crippen LogP contribution is 2.31. The summed E-state index contributed by atoms with van der Waals surface area (Å²) < 4.78 is 27.0. The van der Waals surface area contributed by atoms with E-state index >= 15 is 0 Å². The third kappa shape index (κ3) is 2.19. The summed E-state index contributed by atoms with van der Waals surface area (Å²) in [6, 6.07) is 7.95. The number of carboxylic acids is 1. The van der Waals surface area contributed by atoms with Gasteiger partial charge in [-0.25, -0.2) is 13.6 Å². The highest BCUT2D eigenvalue weighted by Gasteiger charge is 2.17. The van der Waals surface area contributed by atoms with Crippen LogP contribution in [0.1, 0.15) is 10.4 Å². The van der Waals surface area contributed by atoms with Gasteiger partial charge in [0.15, 0.2) is 11.6 Å². The Labute approximate surface area is 106 Å². The lowest BCUT2D eigenvalue weighted by atomic mass is 10.0. The monoisotopic (exact) mass is 268 g/mol. The third-order valence-electron chi connectivity index (χ3n) is 2.44. The molecule has 0 aliphatic carbocycles. The molecule has 2 nitrogen and oxygen atoms in total. The molecule has 18 heavy (non-hydrogen) atoms. The summed E-state index contributed by atoms with van der Waals surface area (Å²) in [6.45, 7) is 0. The van der Waals surface area contributed by atoms with Crippen LogP contribution < -0.4 is 0 Å². The molecule has 1 N–H and O–H groups in total. The van der Waals surface area contributed by atoms with Crippen molar-refractivity contribution in [2.24, 2.45) is 0 Å². The molecule has 92 valence electrons. The molecule has 0 aliphatic rings. The fourth-order valence-electron chi connectivity index (χ4n) is 1.59.